The van der Waals surface area contributed by atoms with E-state index in [4.69, 9.17) is 16.6 Å². The fourth-order valence-corrected chi connectivity index (χ4v) is 5.42. The van der Waals surface area contributed by atoms with Gasteiger partial charge < -0.3 is 5.11 Å². The molecule has 0 bridgehead atoms. The molecule has 0 saturated heterocycles. The summed E-state index contributed by atoms with van der Waals surface area (Å²) in [7, 11) is 0. The minimum atomic E-state index is -1.18. The standard InChI is InChI=1S/C30H30ClN5O2/c1-16-15-33-25(24-10-11-32-29(35-24)30(3,4)38)14-26(16)36-17(2)12-21(27(31)28(36)37)19-13-20(19)23-7-5-6-22(34-23)18-8-9-18/h5-7,10-12,14-15,18-20,38H,8-9,13H2,1-4H3/t19-,20?/m1/s1. The normalized spacial score (nSPS) is 19.0. The number of aliphatic hydroxyl groups is 1. The summed E-state index contributed by atoms with van der Waals surface area (Å²) in [5, 5.41) is 10.6. The molecule has 38 heavy (non-hydrogen) atoms. The second kappa shape index (κ2) is 9.10. The zero-order chi connectivity index (χ0) is 26.8. The summed E-state index contributed by atoms with van der Waals surface area (Å²) in [6, 6.07) is 11.9. The maximum atomic E-state index is 13.7. The minimum Gasteiger partial charge on any atom is -0.382 e. The van der Waals surface area contributed by atoms with Gasteiger partial charge >= 0.3 is 0 Å². The molecule has 2 atom stereocenters. The average molecular weight is 528 g/mol. The molecule has 0 amide bonds. The Bertz CT molecular complexity index is 1620. The highest BCUT2D eigenvalue weighted by molar-refractivity contribution is 6.31. The van der Waals surface area contributed by atoms with Crippen molar-refractivity contribution < 1.29 is 5.11 Å². The molecule has 0 radical (unpaired) electrons. The Hall–Kier alpha value is -3.42. The molecule has 2 fully saturated rings. The molecule has 2 saturated carbocycles. The van der Waals surface area contributed by atoms with Gasteiger partial charge in [-0.05, 0) is 94.3 Å². The van der Waals surface area contributed by atoms with Crippen LogP contribution in [0, 0.1) is 13.8 Å². The number of nitrogens with zero attached hydrogens (tertiary/aromatic N) is 5. The van der Waals surface area contributed by atoms with Crippen LogP contribution in [-0.2, 0) is 5.60 Å². The van der Waals surface area contributed by atoms with Crippen LogP contribution in [0.5, 0.6) is 0 Å². The van der Waals surface area contributed by atoms with E-state index in [0.717, 1.165) is 28.9 Å². The van der Waals surface area contributed by atoms with Crippen molar-refractivity contribution >= 4 is 11.6 Å². The van der Waals surface area contributed by atoms with E-state index in [0.29, 0.717) is 28.8 Å². The van der Waals surface area contributed by atoms with Crippen molar-refractivity contribution in [2.24, 2.45) is 0 Å². The monoisotopic (exact) mass is 527 g/mol. The lowest BCUT2D eigenvalue weighted by Crippen LogP contribution is -2.23. The molecule has 6 rings (SSSR count). The molecule has 2 aliphatic carbocycles. The maximum Gasteiger partial charge on any atom is 0.274 e. The van der Waals surface area contributed by atoms with Crippen molar-refractivity contribution in [1.29, 1.82) is 0 Å². The van der Waals surface area contributed by atoms with Crippen LogP contribution in [0.15, 0.2) is 53.6 Å². The zero-order valence-corrected chi connectivity index (χ0v) is 22.7. The fraction of sp³-hybridized carbons (Fsp3) is 0.367. The van der Waals surface area contributed by atoms with Gasteiger partial charge in [0.2, 0.25) is 0 Å². The van der Waals surface area contributed by atoms with Crippen LogP contribution in [0.2, 0.25) is 5.02 Å². The van der Waals surface area contributed by atoms with E-state index < -0.39 is 5.60 Å². The van der Waals surface area contributed by atoms with Crippen LogP contribution in [0.1, 0.15) is 84.9 Å². The molecule has 4 aromatic rings. The van der Waals surface area contributed by atoms with Gasteiger partial charge in [0.25, 0.3) is 5.56 Å². The third-order valence-corrected chi connectivity index (χ3v) is 7.88. The summed E-state index contributed by atoms with van der Waals surface area (Å²) in [6.07, 6.45) is 6.71. The summed E-state index contributed by atoms with van der Waals surface area (Å²) in [5.74, 6) is 1.40. The SMILES string of the molecule is Cc1cnc(-c2ccnc(C(C)(C)O)n2)cc1-n1c(C)cc([C@@H]2CC2c2cccc(C3CC3)n2)c(Cl)c1=O. The van der Waals surface area contributed by atoms with Crippen molar-refractivity contribution in [3.8, 4) is 17.1 Å². The molecule has 0 spiro atoms. The topological polar surface area (TPSA) is 93.8 Å². The summed E-state index contributed by atoms with van der Waals surface area (Å²) in [6.45, 7) is 7.12. The van der Waals surface area contributed by atoms with E-state index in [1.54, 1.807) is 36.9 Å². The first kappa shape index (κ1) is 24.9. The Labute approximate surface area is 226 Å². The molecule has 1 N–H and O–H groups in total. The van der Waals surface area contributed by atoms with Crippen LogP contribution in [0.4, 0.5) is 0 Å². The maximum absolute atomic E-state index is 13.7. The van der Waals surface area contributed by atoms with Gasteiger partial charge in [-0.1, -0.05) is 17.7 Å². The zero-order valence-electron chi connectivity index (χ0n) is 21.9. The Kier molecular flexibility index (Phi) is 5.96. The lowest BCUT2D eigenvalue weighted by Gasteiger charge is -2.17. The van der Waals surface area contributed by atoms with Crippen LogP contribution in [0.3, 0.4) is 0 Å². The smallest absolute Gasteiger partial charge is 0.274 e. The fourth-order valence-electron chi connectivity index (χ4n) is 5.14. The van der Waals surface area contributed by atoms with E-state index in [1.807, 2.05) is 26.0 Å². The highest BCUT2D eigenvalue weighted by Gasteiger charge is 2.43. The number of aromatic nitrogens is 5. The Balaban J connectivity index is 1.35. The predicted molar refractivity (Wildman–Crippen MR) is 147 cm³/mol. The van der Waals surface area contributed by atoms with Gasteiger partial charge in [-0.2, -0.15) is 0 Å². The predicted octanol–water partition coefficient (Wildman–Crippen LogP) is 5.73. The Morgan fingerprint density at radius 3 is 2.50 bits per heavy atom. The summed E-state index contributed by atoms with van der Waals surface area (Å²) >= 11 is 6.76. The molecular weight excluding hydrogens is 498 g/mol. The van der Waals surface area contributed by atoms with Gasteiger partial charge in [0.1, 0.15) is 10.6 Å². The second-order valence-electron chi connectivity index (χ2n) is 11.1. The molecule has 194 valence electrons. The summed E-state index contributed by atoms with van der Waals surface area (Å²) < 4.78 is 1.65. The first-order valence-corrected chi connectivity index (χ1v) is 13.4. The Morgan fingerprint density at radius 1 is 1.00 bits per heavy atom. The third kappa shape index (κ3) is 4.54. The molecule has 2 aliphatic rings. The van der Waals surface area contributed by atoms with Gasteiger partial charge in [0.05, 0.1) is 17.1 Å². The van der Waals surface area contributed by atoms with Crippen LogP contribution < -0.4 is 5.56 Å². The molecule has 1 unspecified atom stereocenters. The highest BCUT2D eigenvalue weighted by atomic mass is 35.5. The number of pyridine rings is 3. The van der Waals surface area contributed by atoms with Crippen molar-refractivity contribution in [2.45, 2.75) is 70.3 Å². The van der Waals surface area contributed by atoms with Gasteiger partial charge in [-0.15, -0.1) is 0 Å². The van der Waals surface area contributed by atoms with Crippen LogP contribution >= 0.6 is 11.6 Å². The van der Waals surface area contributed by atoms with Gasteiger partial charge in [0, 0.05) is 41.3 Å². The van der Waals surface area contributed by atoms with Crippen molar-refractivity contribution in [2.75, 3.05) is 0 Å². The summed E-state index contributed by atoms with van der Waals surface area (Å²) in [4.78, 5) is 31.8. The number of hydrogen-bond acceptors (Lipinski definition) is 6. The second-order valence-corrected chi connectivity index (χ2v) is 11.5. The number of halogens is 1. The van der Waals surface area contributed by atoms with Crippen molar-refractivity contribution in [3.63, 3.8) is 0 Å². The number of hydrogen-bond donors (Lipinski definition) is 1. The number of rotatable bonds is 6. The van der Waals surface area contributed by atoms with Gasteiger partial charge in [-0.3, -0.25) is 19.3 Å². The molecule has 8 heteroatoms. The van der Waals surface area contributed by atoms with Crippen molar-refractivity contribution in [1.82, 2.24) is 24.5 Å². The molecule has 0 aromatic carbocycles. The van der Waals surface area contributed by atoms with Crippen molar-refractivity contribution in [3.05, 3.63) is 98.2 Å². The highest BCUT2D eigenvalue weighted by Crippen LogP contribution is 2.55. The van der Waals surface area contributed by atoms with E-state index in [-0.39, 0.29) is 22.4 Å². The lowest BCUT2D eigenvalue weighted by molar-refractivity contribution is 0.0688. The average Bonchev–Trinajstić information content (AvgIpc) is 3.81. The molecular formula is C30H30ClN5O2. The Morgan fingerprint density at radius 2 is 1.76 bits per heavy atom. The largest absolute Gasteiger partial charge is 0.382 e. The summed E-state index contributed by atoms with van der Waals surface area (Å²) in [5.41, 5.74) is 5.23. The lowest BCUT2D eigenvalue weighted by atomic mass is 10.1. The molecule has 7 nitrogen and oxygen atoms in total. The van der Waals surface area contributed by atoms with E-state index in [1.165, 1.54) is 18.5 Å². The molecule has 4 heterocycles. The first-order valence-electron chi connectivity index (χ1n) is 13.0. The first-order chi connectivity index (χ1) is 18.1. The quantitative estimate of drug-likeness (QED) is 0.344. The molecule has 4 aromatic heterocycles. The van der Waals surface area contributed by atoms with Gasteiger partial charge in [-0.25, -0.2) is 9.97 Å². The van der Waals surface area contributed by atoms with E-state index >= 15 is 0 Å². The van der Waals surface area contributed by atoms with Gasteiger partial charge in [0.15, 0.2) is 5.82 Å². The minimum absolute atomic E-state index is 0.195. The van der Waals surface area contributed by atoms with E-state index in [9.17, 15) is 9.90 Å². The molecule has 0 aliphatic heterocycles. The third-order valence-electron chi connectivity index (χ3n) is 7.50. The number of aryl methyl sites for hydroxylation is 2. The van der Waals surface area contributed by atoms with Crippen LogP contribution in [0.25, 0.3) is 17.1 Å². The van der Waals surface area contributed by atoms with E-state index in [2.05, 4.69) is 33.2 Å². The van der Waals surface area contributed by atoms with Crippen LogP contribution in [-0.4, -0.2) is 29.6 Å².